The molecule has 0 saturated carbocycles. The minimum Gasteiger partial charge on any atom is -0.368 e. The highest BCUT2D eigenvalue weighted by Crippen LogP contribution is 2.23. The molecule has 1 aliphatic rings. The minimum atomic E-state index is 0.238. The zero-order chi connectivity index (χ0) is 14.7. The highest BCUT2D eigenvalue weighted by molar-refractivity contribution is 5.37. The van der Waals surface area contributed by atoms with E-state index < -0.39 is 0 Å². The highest BCUT2D eigenvalue weighted by atomic mass is 15.4. The van der Waals surface area contributed by atoms with Crippen molar-refractivity contribution < 1.29 is 0 Å². The van der Waals surface area contributed by atoms with E-state index in [1.54, 1.807) is 17.1 Å². The first-order valence-electron chi connectivity index (χ1n) is 7.52. The van der Waals surface area contributed by atoms with Crippen LogP contribution in [0.4, 0.5) is 11.9 Å². The van der Waals surface area contributed by atoms with Gasteiger partial charge < -0.3 is 10.6 Å². The van der Waals surface area contributed by atoms with E-state index in [0.29, 0.717) is 11.9 Å². The highest BCUT2D eigenvalue weighted by Gasteiger charge is 2.19. The van der Waals surface area contributed by atoms with Crippen LogP contribution in [0.15, 0.2) is 18.5 Å². The van der Waals surface area contributed by atoms with Crippen molar-refractivity contribution in [3.05, 3.63) is 18.5 Å². The van der Waals surface area contributed by atoms with Crippen LogP contribution in [0.5, 0.6) is 0 Å². The van der Waals surface area contributed by atoms with E-state index in [9.17, 15) is 0 Å². The van der Waals surface area contributed by atoms with Crippen LogP contribution in [0.2, 0.25) is 0 Å². The van der Waals surface area contributed by atoms with E-state index in [1.807, 2.05) is 6.07 Å². The quantitative estimate of drug-likeness (QED) is 0.924. The number of rotatable bonds is 3. The van der Waals surface area contributed by atoms with Gasteiger partial charge in [0, 0.05) is 25.5 Å². The molecule has 2 aromatic rings. The number of aromatic nitrogens is 5. The lowest BCUT2D eigenvalue weighted by Crippen LogP contribution is -2.27. The SMILES string of the molecule is CCC1CCCN(c2nc(N)nc(-n3cccn3)n2)CC1. The van der Waals surface area contributed by atoms with Crippen molar-refractivity contribution in [2.75, 3.05) is 23.7 Å². The maximum atomic E-state index is 5.83. The van der Waals surface area contributed by atoms with Crippen molar-refractivity contribution >= 4 is 11.9 Å². The Morgan fingerprint density at radius 2 is 2.05 bits per heavy atom. The Morgan fingerprint density at radius 3 is 2.81 bits per heavy atom. The van der Waals surface area contributed by atoms with Gasteiger partial charge in [0.05, 0.1) is 0 Å². The molecule has 0 radical (unpaired) electrons. The molecule has 1 atom stereocenters. The Bertz CT molecular complexity index is 581. The second kappa shape index (κ2) is 6.07. The summed E-state index contributed by atoms with van der Waals surface area (Å²) in [7, 11) is 0. The summed E-state index contributed by atoms with van der Waals surface area (Å²) in [4.78, 5) is 15.2. The van der Waals surface area contributed by atoms with Crippen LogP contribution < -0.4 is 10.6 Å². The second-order valence-corrected chi connectivity index (χ2v) is 5.44. The monoisotopic (exact) mass is 287 g/mol. The molecular formula is C14H21N7. The van der Waals surface area contributed by atoms with Crippen molar-refractivity contribution in [2.24, 2.45) is 5.92 Å². The predicted octanol–water partition coefficient (Wildman–Crippen LogP) is 1.66. The van der Waals surface area contributed by atoms with Gasteiger partial charge in [-0.25, -0.2) is 4.68 Å². The molecular weight excluding hydrogens is 266 g/mol. The normalized spacial score (nSPS) is 19.5. The van der Waals surface area contributed by atoms with Gasteiger partial charge in [0.25, 0.3) is 5.95 Å². The number of hydrogen-bond donors (Lipinski definition) is 1. The third kappa shape index (κ3) is 3.12. The van der Waals surface area contributed by atoms with Gasteiger partial charge in [0.2, 0.25) is 11.9 Å². The van der Waals surface area contributed by atoms with E-state index in [-0.39, 0.29) is 5.95 Å². The molecule has 112 valence electrons. The van der Waals surface area contributed by atoms with Crippen molar-refractivity contribution in [1.82, 2.24) is 24.7 Å². The van der Waals surface area contributed by atoms with Crippen LogP contribution in [0.1, 0.15) is 32.6 Å². The first-order valence-corrected chi connectivity index (χ1v) is 7.52. The van der Waals surface area contributed by atoms with Crippen LogP contribution >= 0.6 is 0 Å². The topological polar surface area (TPSA) is 85.8 Å². The van der Waals surface area contributed by atoms with Crippen molar-refractivity contribution in [3.63, 3.8) is 0 Å². The molecule has 0 aromatic carbocycles. The van der Waals surface area contributed by atoms with Crippen LogP contribution in [0, 0.1) is 5.92 Å². The third-order valence-corrected chi connectivity index (χ3v) is 4.05. The zero-order valence-corrected chi connectivity index (χ0v) is 12.3. The summed E-state index contributed by atoms with van der Waals surface area (Å²) < 4.78 is 1.61. The van der Waals surface area contributed by atoms with Crippen LogP contribution in [0.25, 0.3) is 5.95 Å². The predicted molar refractivity (Wildman–Crippen MR) is 81.2 cm³/mol. The second-order valence-electron chi connectivity index (χ2n) is 5.44. The molecule has 1 aliphatic heterocycles. The molecule has 0 amide bonds. The Morgan fingerprint density at radius 1 is 1.19 bits per heavy atom. The third-order valence-electron chi connectivity index (χ3n) is 4.05. The van der Waals surface area contributed by atoms with Gasteiger partial charge in [-0.3, -0.25) is 0 Å². The van der Waals surface area contributed by atoms with Crippen molar-refractivity contribution in [1.29, 1.82) is 0 Å². The molecule has 7 nitrogen and oxygen atoms in total. The van der Waals surface area contributed by atoms with Crippen molar-refractivity contribution in [2.45, 2.75) is 32.6 Å². The van der Waals surface area contributed by atoms with Gasteiger partial charge in [-0.15, -0.1) is 0 Å². The molecule has 0 spiro atoms. The Hall–Kier alpha value is -2.18. The van der Waals surface area contributed by atoms with Crippen LogP contribution in [0.3, 0.4) is 0 Å². The summed E-state index contributed by atoms with van der Waals surface area (Å²) in [6, 6.07) is 1.83. The summed E-state index contributed by atoms with van der Waals surface area (Å²) in [5.41, 5.74) is 5.83. The maximum absolute atomic E-state index is 5.83. The lowest BCUT2D eigenvalue weighted by molar-refractivity contribution is 0.459. The van der Waals surface area contributed by atoms with Crippen LogP contribution in [-0.4, -0.2) is 37.8 Å². The van der Waals surface area contributed by atoms with Gasteiger partial charge in [0.1, 0.15) is 0 Å². The molecule has 21 heavy (non-hydrogen) atoms. The largest absolute Gasteiger partial charge is 0.368 e. The molecule has 2 aromatic heterocycles. The summed E-state index contributed by atoms with van der Waals surface area (Å²) in [6.45, 7) is 4.20. The molecule has 1 fully saturated rings. The number of nitrogens with zero attached hydrogens (tertiary/aromatic N) is 6. The molecule has 7 heteroatoms. The van der Waals surface area contributed by atoms with Crippen molar-refractivity contribution in [3.8, 4) is 5.95 Å². The molecule has 1 unspecified atom stereocenters. The summed E-state index contributed by atoms with van der Waals surface area (Å²) in [5, 5.41) is 4.15. The molecule has 2 N–H and O–H groups in total. The minimum absolute atomic E-state index is 0.238. The Kier molecular flexibility index (Phi) is 3.98. The fourth-order valence-electron chi connectivity index (χ4n) is 2.77. The Labute approximate surface area is 124 Å². The van der Waals surface area contributed by atoms with Gasteiger partial charge in [-0.2, -0.15) is 20.1 Å². The van der Waals surface area contributed by atoms with Gasteiger partial charge in [-0.1, -0.05) is 13.3 Å². The molecule has 0 aliphatic carbocycles. The summed E-state index contributed by atoms with van der Waals surface area (Å²) in [5.74, 6) is 2.17. The van der Waals surface area contributed by atoms with E-state index in [2.05, 4.69) is 31.9 Å². The van der Waals surface area contributed by atoms with E-state index >= 15 is 0 Å². The number of nitrogen functional groups attached to an aromatic ring is 1. The lowest BCUT2D eigenvalue weighted by Gasteiger charge is -2.20. The smallest absolute Gasteiger partial charge is 0.257 e. The number of nitrogens with two attached hydrogens (primary N) is 1. The molecule has 0 bridgehead atoms. The molecule has 3 heterocycles. The fraction of sp³-hybridized carbons (Fsp3) is 0.571. The van der Waals surface area contributed by atoms with Crippen LogP contribution in [-0.2, 0) is 0 Å². The molecule has 3 rings (SSSR count). The lowest BCUT2D eigenvalue weighted by atomic mass is 9.98. The standard InChI is InChI=1S/C14H21N7/c1-2-11-5-3-8-20(10-6-11)13-17-12(15)18-14(19-13)21-9-4-7-16-21/h4,7,9,11H,2-3,5-6,8,10H2,1H3,(H2,15,17,18,19). The summed E-state index contributed by atoms with van der Waals surface area (Å²) in [6.07, 6.45) is 8.36. The average Bonchev–Trinajstić information content (AvgIpc) is 2.91. The van der Waals surface area contributed by atoms with E-state index in [0.717, 1.165) is 19.0 Å². The first-order chi connectivity index (χ1) is 10.3. The van der Waals surface area contributed by atoms with Gasteiger partial charge in [0.15, 0.2) is 0 Å². The zero-order valence-electron chi connectivity index (χ0n) is 12.3. The van der Waals surface area contributed by atoms with Gasteiger partial charge >= 0.3 is 0 Å². The fourth-order valence-corrected chi connectivity index (χ4v) is 2.77. The first kappa shape index (κ1) is 13.8. The molecule has 1 saturated heterocycles. The average molecular weight is 287 g/mol. The summed E-state index contributed by atoms with van der Waals surface area (Å²) >= 11 is 0. The van der Waals surface area contributed by atoms with Gasteiger partial charge in [-0.05, 0) is 31.2 Å². The Balaban J connectivity index is 1.85. The van der Waals surface area contributed by atoms with E-state index in [1.165, 1.54) is 25.7 Å². The number of anilines is 2. The van der Waals surface area contributed by atoms with E-state index in [4.69, 9.17) is 5.73 Å². The number of hydrogen-bond acceptors (Lipinski definition) is 6. The maximum Gasteiger partial charge on any atom is 0.257 e.